The Morgan fingerprint density at radius 1 is 1.69 bits per heavy atom. The molecule has 0 aromatic carbocycles. The molecular weight excluding hydrogens is 234 g/mol. The summed E-state index contributed by atoms with van der Waals surface area (Å²) >= 11 is 5.72. The zero-order valence-corrected chi connectivity index (χ0v) is 9.65. The maximum Gasteiger partial charge on any atom is 0.330 e. The summed E-state index contributed by atoms with van der Waals surface area (Å²) in [5, 5.41) is 11.9. The summed E-state index contributed by atoms with van der Waals surface area (Å²) in [6, 6.07) is 0.593. The Kier molecular flexibility index (Phi) is 4.45. The molecule has 0 aliphatic heterocycles. The number of carbonyl (C=O) groups is 1. The molecule has 1 atom stereocenters. The summed E-state index contributed by atoms with van der Waals surface area (Å²) < 4.78 is 4.50. The van der Waals surface area contributed by atoms with Crippen molar-refractivity contribution in [3.8, 4) is 0 Å². The fourth-order valence-corrected chi connectivity index (χ4v) is 1.33. The number of anilines is 1. The van der Waals surface area contributed by atoms with E-state index < -0.39 is 18.6 Å². The number of aromatic nitrogens is 2. The number of hydrogen-bond acceptors (Lipinski definition) is 6. The molecule has 1 heterocycles. The molecule has 0 spiro atoms. The maximum atomic E-state index is 11.2. The van der Waals surface area contributed by atoms with Gasteiger partial charge in [-0.3, -0.25) is 0 Å². The minimum atomic E-state index is -0.865. The van der Waals surface area contributed by atoms with Crippen LogP contribution >= 0.6 is 11.6 Å². The fraction of sp³-hybridized carbons (Fsp3) is 0.444. The highest BCUT2D eigenvalue weighted by Gasteiger charge is 2.18. The molecule has 1 aromatic rings. The van der Waals surface area contributed by atoms with Crippen LogP contribution in [0.3, 0.4) is 0 Å². The van der Waals surface area contributed by atoms with E-state index in [0.29, 0.717) is 11.6 Å². The largest absolute Gasteiger partial charge is 0.467 e. The number of esters is 1. The molecule has 0 bridgehead atoms. The maximum absolute atomic E-state index is 11.2. The van der Waals surface area contributed by atoms with Crippen molar-refractivity contribution in [2.75, 3.05) is 19.0 Å². The van der Waals surface area contributed by atoms with Gasteiger partial charge in [0.25, 0.3) is 0 Å². The highest BCUT2D eigenvalue weighted by molar-refractivity contribution is 6.29. The van der Waals surface area contributed by atoms with Crippen molar-refractivity contribution in [1.82, 2.24) is 9.97 Å². The number of aliphatic hydroxyl groups excluding tert-OH is 1. The number of nitrogens with one attached hydrogen (secondary N) is 1. The lowest BCUT2D eigenvalue weighted by molar-refractivity contribution is -0.142. The predicted molar refractivity (Wildman–Crippen MR) is 58.3 cm³/mol. The number of hydrogen-bond donors (Lipinski definition) is 2. The SMILES string of the molecule is COC(=O)C(CO)Nc1cc(Cl)nc(C)n1. The lowest BCUT2D eigenvalue weighted by atomic mass is 10.3. The minimum Gasteiger partial charge on any atom is -0.467 e. The van der Waals surface area contributed by atoms with Gasteiger partial charge in [0.1, 0.15) is 22.8 Å². The first-order valence-electron chi connectivity index (χ1n) is 4.53. The third kappa shape index (κ3) is 3.32. The van der Waals surface area contributed by atoms with E-state index in [9.17, 15) is 4.79 Å². The van der Waals surface area contributed by atoms with Crippen LogP contribution in [0.2, 0.25) is 5.15 Å². The van der Waals surface area contributed by atoms with Gasteiger partial charge in [-0.2, -0.15) is 0 Å². The summed E-state index contributed by atoms with van der Waals surface area (Å²) in [6.45, 7) is 1.27. The van der Waals surface area contributed by atoms with Gasteiger partial charge in [-0.15, -0.1) is 0 Å². The average Bonchev–Trinajstić information content (AvgIpc) is 2.23. The zero-order chi connectivity index (χ0) is 12.1. The Bertz CT molecular complexity index is 366. The Morgan fingerprint density at radius 2 is 2.38 bits per heavy atom. The second-order valence-corrected chi connectivity index (χ2v) is 3.41. The summed E-state index contributed by atoms with van der Waals surface area (Å²) in [6.07, 6.45) is 0. The lowest BCUT2D eigenvalue weighted by Gasteiger charge is -2.14. The Balaban J connectivity index is 2.81. The van der Waals surface area contributed by atoms with E-state index in [0.717, 1.165) is 0 Å². The lowest BCUT2D eigenvalue weighted by Crippen LogP contribution is -2.34. The third-order valence-corrected chi connectivity index (χ3v) is 1.99. The number of halogens is 1. The van der Waals surface area contributed by atoms with Crippen LogP contribution < -0.4 is 5.32 Å². The molecule has 1 aromatic heterocycles. The van der Waals surface area contributed by atoms with Crippen molar-refractivity contribution in [3.05, 3.63) is 17.0 Å². The highest BCUT2D eigenvalue weighted by atomic mass is 35.5. The quantitative estimate of drug-likeness (QED) is 0.590. The molecule has 1 rings (SSSR count). The van der Waals surface area contributed by atoms with E-state index in [1.165, 1.54) is 13.2 Å². The number of ether oxygens (including phenoxy) is 1. The van der Waals surface area contributed by atoms with Crippen molar-refractivity contribution in [2.45, 2.75) is 13.0 Å². The molecule has 88 valence electrons. The van der Waals surface area contributed by atoms with Gasteiger partial charge in [0.2, 0.25) is 0 Å². The van der Waals surface area contributed by atoms with Crippen LogP contribution in [0.5, 0.6) is 0 Å². The number of aliphatic hydroxyl groups is 1. The van der Waals surface area contributed by atoms with E-state index >= 15 is 0 Å². The Morgan fingerprint density at radius 3 is 2.88 bits per heavy atom. The highest BCUT2D eigenvalue weighted by Crippen LogP contribution is 2.12. The molecule has 0 saturated carbocycles. The van der Waals surface area contributed by atoms with E-state index in [4.69, 9.17) is 16.7 Å². The van der Waals surface area contributed by atoms with Crippen LogP contribution in [-0.2, 0) is 9.53 Å². The second kappa shape index (κ2) is 5.62. The topological polar surface area (TPSA) is 84.3 Å². The Labute approximate surface area is 97.6 Å². The van der Waals surface area contributed by atoms with Crippen LogP contribution in [0.25, 0.3) is 0 Å². The van der Waals surface area contributed by atoms with Crippen LogP contribution in [0.15, 0.2) is 6.07 Å². The molecule has 2 N–H and O–H groups in total. The van der Waals surface area contributed by atoms with E-state index in [-0.39, 0.29) is 5.15 Å². The first kappa shape index (κ1) is 12.7. The van der Waals surface area contributed by atoms with Crippen LogP contribution in [0.4, 0.5) is 5.82 Å². The van der Waals surface area contributed by atoms with Gasteiger partial charge in [0.05, 0.1) is 13.7 Å². The average molecular weight is 246 g/mol. The third-order valence-electron chi connectivity index (χ3n) is 1.80. The summed E-state index contributed by atoms with van der Waals surface area (Å²) in [5.74, 6) is 0.258. The molecular formula is C9H12ClN3O3. The number of methoxy groups -OCH3 is 1. The predicted octanol–water partition coefficient (Wildman–Crippen LogP) is 0.384. The van der Waals surface area contributed by atoms with Crippen LogP contribution in [-0.4, -0.2) is 40.8 Å². The van der Waals surface area contributed by atoms with Crippen molar-refractivity contribution in [1.29, 1.82) is 0 Å². The van der Waals surface area contributed by atoms with Crippen molar-refractivity contribution >= 4 is 23.4 Å². The van der Waals surface area contributed by atoms with E-state index in [1.54, 1.807) is 6.92 Å². The Hall–Kier alpha value is -1.40. The number of aryl methyl sites for hydroxylation is 1. The van der Waals surface area contributed by atoms with Gasteiger partial charge < -0.3 is 15.2 Å². The van der Waals surface area contributed by atoms with Gasteiger partial charge in [-0.1, -0.05) is 11.6 Å². The first-order chi connectivity index (χ1) is 7.56. The molecule has 0 amide bonds. The molecule has 6 nitrogen and oxygen atoms in total. The van der Waals surface area contributed by atoms with Gasteiger partial charge in [0.15, 0.2) is 0 Å². The molecule has 0 fully saturated rings. The monoisotopic (exact) mass is 245 g/mol. The number of nitrogens with zero attached hydrogens (tertiary/aromatic N) is 2. The molecule has 0 radical (unpaired) electrons. The summed E-state index contributed by atoms with van der Waals surface area (Å²) in [4.78, 5) is 19.1. The number of carbonyl (C=O) groups excluding carboxylic acids is 1. The molecule has 0 aliphatic rings. The summed E-state index contributed by atoms with van der Waals surface area (Å²) in [5.41, 5.74) is 0. The van der Waals surface area contributed by atoms with Crippen LogP contribution in [0.1, 0.15) is 5.82 Å². The molecule has 0 aliphatic carbocycles. The van der Waals surface area contributed by atoms with Crippen LogP contribution in [0, 0.1) is 6.92 Å². The second-order valence-electron chi connectivity index (χ2n) is 3.03. The van der Waals surface area contributed by atoms with Crippen molar-refractivity contribution < 1.29 is 14.6 Å². The van der Waals surface area contributed by atoms with Crippen molar-refractivity contribution in [3.63, 3.8) is 0 Å². The van der Waals surface area contributed by atoms with E-state index in [2.05, 4.69) is 20.0 Å². The van der Waals surface area contributed by atoms with Gasteiger partial charge in [-0.25, -0.2) is 14.8 Å². The van der Waals surface area contributed by atoms with Gasteiger partial charge in [0, 0.05) is 6.07 Å². The summed E-state index contributed by atoms with van der Waals surface area (Å²) in [7, 11) is 1.24. The standard InChI is InChI=1S/C9H12ClN3O3/c1-5-11-7(10)3-8(12-5)13-6(4-14)9(15)16-2/h3,6,14H,4H2,1-2H3,(H,11,12,13). The molecule has 16 heavy (non-hydrogen) atoms. The van der Waals surface area contributed by atoms with Crippen molar-refractivity contribution in [2.24, 2.45) is 0 Å². The molecule has 1 unspecified atom stereocenters. The first-order valence-corrected chi connectivity index (χ1v) is 4.91. The minimum absolute atomic E-state index is 0.261. The molecule has 7 heteroatoms. The normalized spacial score (nSPS) is 12.0. The zero-order valence-electron chi connectivity index (χ0n) is 8.90. The van der Waals surface area contributed by atoms with E-state index in [1.807, 2.05) is 0 Å². The van der Waals surface area contributed by atoms with Gasteiger partial charge >= 0.3 is 5.97 Å². The molecule has 0 saturated heterocycles. The smallest absolute Gasteiger partial charge is 0.330 e. The number of rotatable bonds is 4. The fourth-order valence-electron chi connectivity index (χ4n) is 1.11. The van der Waals surface area contributed by atoms with Gasteiger partial charge in [-0.05, 0) is 6.92 Å².